The molecule has 3 aliphatic rings. The van der Waals surface area contributed by atoms with E-state index in [4.69, 9.17) is 0 Å². The normalized spacial score (nSPS) is 30.7. The molecule has 0 aromatic heterocycles. The van der Waals surface area contributed by atoms with Crippen LogP contribution >= 0.6 is 0 Å². The molecule has 0 radical (unpaired) electrons. The number of carbonyl (C=O) groups excluding carboxylic acids is 2. The van der Waals surface area contributed by atoms with Gasteiger partial charge in [0, 0.05) is 25.6 Å². The lowest BCUT2D eigenvalue weighted by Gasteiger charge is -2.41. The fourth-order valence-corrected chi connectivity index (χ4v) is 3.73. The Balaban J connectivity index is 1.78. The summed E-state index contributed by atoms with van der Waals surface area (Å²) in [5.41, 5.74) is 0. The van der Waals surface area contributed by atoms with E-state index in [1.807, 2.05) is 9.80 Å². The molecule has 4 heteroatoms. The molecule has 2 amide bonds. The van der Waals surface area contributed by atoms with Crippen LogP contribution in [0.2, 0.25) is 0 Å². The molecule has 0 aromatic carbocycles. The molecule has 3 rings (SSSR count). The maximum absolute atomic E-state index is 12.7. The maximum Gasteiger partial charge on any atom is 0.245 e. The van der Waals surface area contributed by atoms with Crippen molar-refractivity contribution >= 4 is 11.8 Å². The second-order valence-electron chi connectivity index (χ2n) is 6.31. The molecular weight excluding hydrogens is 240 g/mol. The van der Waals surface area contributed by atoms with E-state index in [0.29, 0.717) is 24.9 Å². The van der Waals surface area contributed by atoms with Gasteiger partial charge in [0.1, 0.15) is 6.04 Å². The molecule has 1 aliphatic carbocycles. The number of hydrogen-bond acceptors (Lipinski definition) is 2. The lowest BCUT2D eigenvalue weighted by atomic mass is 9.79. The van der Waals surface area contributed by atoms with E-state index in [1.165, 1.54) is 19.3 Å². The van der Waals surface area contributed by atoms with Crippen molar-refractivity contribution in [1.82, 2.24) is 9.80 Å². The van der Waals surface area contributed by atoms with Gasteiger partial charge in [-0.05, 0) is 44.9 Å². The van der Waals surface area contributed by atoms with Crippen molar-refractivity contribution < 1.29 is 9.59 Å². The van der Waals surface area contributed by atoms with Gasteiger partial charge in [-0.25, -0.2) is 0 Å². The van der Waals surface area contributed by atoms with Crippen LogP contribution < -0.4 is 0 Å². The van der Waals surface area contributed by atoms with Crippen LogP contribution in [0.5, 0.6) is 0 Å². The predicted molar refractivity (Wildman–Crippen MR) is 72.5 cm³/mol. The van der Waals surface area contributed by atoms with Crippen molar-refractivity contribution in [2.75, 3.05) is 13.1 Å². The van der Waals surface area contributed by atoms with Crippen molar-refractivity contribution in [3.63, 3.8) is 0 Å². The Bertz CT molecular complexity index is 378. The molecule has 0 bridgehead atoms. The van der Waals surface area contributed by atoms with Crippen molar-refractivity contribution in [3.05, 3.63) is 0 Å². The minimum atomic E-state index is -0.161. The predicted octanol–water partition coefficient (Wildman–Crippen LogP) is 1.79. The zero-order valence-electron chi connectivity index (χ0n) is 11.8. The molecule has 2 heterocycles. The number of carbonyl (C=O) groups is 2. The van der Waals surface area contributed by atoms with E-state index in [1.54, 1.807) is 0 Å². The molecule has 0 N–H and O–H groups in total. The van der Waals surface area contributed by atoms with Gasteiger partial charge in [0.25, 0.3) is 0 Å². The zero-order chi connectivity index (χ0) is 13.4. The number of hydrogen-bond donors (Lipinski definition) is 0. The van der Waals surface area contributed by atoms with E-state index < -0.39 is 0 Å². The van der Waals surface area contributed by atoms with Gasteiger partial charge in [0.05, 0.1) is 0 Å². The summed E-state index contributed by atoms with van der Waals surface area (Å²) in [6.45, 7) is 3.58. The number of rotatable bonds is 2. The molecule has 106 valence electrons. The SMILES string of the molecule is CC(C1CCC1)N1CCC(=O)N2CCCCC2C1=O. The molecule has 2 saturated heterocycles. The van der Waals surface area contributed by atoms with Gasteiger partial charge in [-0.3, -0.25) is 9.59 Å². The van der Waals surface area contributed by atoms with Gasteiger partial charge >= 0.3 is 0 Å². The highest BCUT2D eigenvalue weighted by molar-refractivity contribution is 5.90. The Morgan fingerprint density at radius 1 is 1.05 bits per heavy atom. The van der Waals surface area contributed by atoms with Gasteiger partial charge in [-0.2, -0.15) is 0 Å². The summed E-state index contributed by atoms with van der Waals surface area (Å²) in [5.74, 6) is 1.06. The molecule has 3 fully saturated rings. The van der Waals surface area contributed by atoms with Crippen LogP contribution in [0.4, 0.5) is 0 Å². The fraction of sp³-hybridized carbons (Fsp3) is 0.867. The van der Waals surface area contributed by atoms with E-state index in [2.05, 4.69) is 6.92 Å². The molecular formula is C15H24N2O2. The molecule has 0 spiro atoms. The molecule has 19 heavy (non-hydrogen) atoms. The summed E-state index contributed by atoms with van der Waals surface area (Å²) in [6.07, 6.45) is 7.28. The van der Waals surface area contributed by atoms with Crippen LogP contribution in [-0.4, -0.2) is 46.8 Å². The van der Waals surface area contributed by atoms with Gasteiger partial charge in [0.15, 0.2) is 0 Å². The molecule has 2 atom stereocenters. The number of fused-ring (bicyclic) bond motifs is 1. The summed E-state index contributed by atoms with van der Waals surface area (Å²) in [7, 11) is 0. The highest BCUT2D eigenvalue weighted by Crippen LogP contribution is 2.34. The minimum Gasteiger partial charge on any atom is -0.337 e. The highest BCUT2D eigenvalue weighted by Gasteiger charge is 2.41. The molecule has 1 saturated carbocycles. The van der Waals surface area contributed by atoms with Crippen LogP contribution in [-0.2, 0) is 9.59 Å². The smallest absolute Gasteiger partial charge is 0.245 e. The van der Waals surface area contributed by atoms with E-state index in [0.717, 1.165) is 25.8 Å². The average molecular weight is 264 g/mol. The summed E-state index contributed by atoms with van der Waals surface area (Å²) in [6, 6.07) is 0.155. The lowest BCUT2D eigenvalue weighted by molar-refractivity contribution is -0.145. The van der Waals surface area contributed by atoms with Crippen LogP contribution in [0.25, 0.3) is 0 Å². The van der Waals surface area contributed by atoms with Crippen LogP contribution in [0.3, 0.4) is 0 Å². The minimum absolute atomic E-state index is 0.161. The second-order valence-corrected chi connectivity index (χ2v) is 6.31. The van der Waals surface area contributed by atoms with Gasteiger partial charge in [-0.1, -0.05) is 6.42 Å². The Labute approximate surface area is 115 Å². The van der Waals surface area contributed by atoms with Crippen molar-refractivity contribution in [2.24, 2.45) is 5.92 Å². The van der Waals surface area contributed by atoms with Crippen LogP contribution in [0, 0.1) is 5.92 Å². The fourth-order valence-electron chi connectivity index (χ4n) is 3.73. The summed E-state index contributed by atoms with van der Waals surface area (Å²) in [4.78, 5) is 28.8. The molecule has 0 aromatic rings. The monoisotopic (exact) mass is 264 g/mol. The third kappa shape index (κ3) is 2.26. The summed E-state index contributed by atoms with van der Waals surface area (Å²) in [5, 5.41) is 0. The first-order valence-electron chi connectivity index (χ1n) is 7.78. The molecule has 2 unspecified atom stereocenters. The standard InChI is InChI=1S/C15H24N2O2/c1-11(12-5-4-6-12)16-10-8-14(18)17-9-3-2-7-13(17)15(16)19/h11-13H,2-10H2,1H3. The Morgan fingerprint density at radius 3 is 2.53 bits per heavy atom. The topological polar surface area (TPSA) is 40.6 Å². The third-order valence-corrected chi connectivity index (χ3v) is 5.28. The maximum atomic E-state index is 12.7. The molecule has 2 aliphatic heterocycles. The molecule has 4 nitrogen and oxygen atoms in total. The first-order valence-corrected chi connectivity index (χ1v) is 7.78. The highest BCUT2D eigenvalue weighted by atomic mass is 16.2. The third-order valence-electron chi connectivity index (χ3n) is 5.28. The van der Waals surface area contributed by atoms with Crippen molar-refractivity contribution in [2.45, 2.75) is 64.0 Å². The lowest BCUT2D eigenvalue weighted by Crippen LogP contribution is -2.53. The van der Waals surface area contributed by atoms with Crippen LogP contribution in [0.15, 0.2) is 0 Å². The van der Waals surface area contributed by atoms with Crippen molar-refractivity contribution in [1.29, 1.82) is 0 Å². The first kappa shape index (κ1) is 12.9. The number of nitrogens with zero attached hydrogens (tertiary/aromatic N) is 2. The summed E-state index contributed by atoms with van der Waals surface area (Å²) < 4.78 is 0. The van der Waals surface area contributed by atoms with E-state index in [9.17, 15) is 9.59 Å². The zero-order valence-corrected chi connectivity index (χ0v) is 11.8. The van der Waals surface area contributed by atoms with Crippen molar-refractivity contribution in [3.8, 4) is 0 Å². The quantitative estimate of drug-likeness (QED) is 0.763. The first-order chi connectivity index (χ1) is 9.18. The number of piperidine rings is 1. The summed E-state index contributed by atoms with van der Waals surface area (Å²) >= 11 is 0. The van der Waals surface area contributed by atoms with Gasteiger partial charge < -0.3 is 9.80 Å². The largest absolute Gasteiger partial charge is 0.337 e. The Hall–Kier alpha value is -1.06. The Morgan fingerprint density at radius 2 is 1.84 bits per heavy atom. The second kappa shape index (κ2) is 5.14. The van der Waals surface area contributed by atoms with E-state index >= 15 is 0 Å². The van der Waals surface area contributed by atoms with Gasteiger partial charge in [0.2, 0.25) is 11.8 Å². The van der Waals surface area contributed by atoms with Gasteiger partial charge in [-0.15, -0.1) is 0 Å². The number of amides is 2. The van der Waals surface area contributed by atoms with E-state index in [-0.39, 0.29) is 17.9 Å². The van der Waals surface area contributed by atoms with Crippen LogP contribution in [0.1, 0.15) is 51.9 Å². The average Bonchev–Trinajstić information content (AvgIpc) is 2.47. The Kier molecular flexibility index (Phi) is 3.50.